The lowest BCUT2D eigenvalue weighted by atomic mass is 10.1. The van der Waals surface area contributed by atoms with Gasteiger partial charge >= 0.3 is 0 Å². The molecule has 1 N–H and O–H groups in total. The van der Waals surface area contributed by atoms with Gasteiger partial charge < -0.3 is 4.98 Å². The molecule has 1 aromatic carbocycles. The summed E-state index contributed by atoms with van der Waals surface area (Å²) in [6.45, 7) is 0. The minimum atomic E-state index is -0.292. The van der Waals surface area contributed by atoms with Crippen molar-refractivity contribution < 1.29 is 4.39 Å². The summed E-state index contributed by atoms with van der Waals surface area (Å²) < 4.78 is 13.3. The Balaban J connectivity index is 2.55. The van der Waals surface area contributed by atoms with Gasteiger partial charge in [-0.05, 0) is 12.1 Å². The van der Waals surface area contributed by atoms with Crippen molar-refractivity contribution in [1.82, 2.24) is 4.98 Å². The zero-order valence-corrected chi connectivity index (χ0v) is 7.33. The van der Waals surface area contributed by atoms with Crippen LogP contribution in [0.1, 0.15) is 0 Å². The average Bonchev–Trinajstić information content (AvgIpc) is 2.20. The lowest BCUT2D eigenvalue weighted by Crippen LogP contribution is -2.01. The molecule has 0 atom stereocenters. The molecule has 2 nitrogen and oxygen atoms in total. The molecular weight excluding hydrogens is 181 g/mol. The highest BCUT2D eigenvalue weighted by Crippen LogP contribution is 2.20. The molecule has 1 heterocycles. The second-order valence-electron chi connectivity index (χ2n) is 2.92. The van der Waals surface area contributed by atoms with Crippen molar-refractivity contribution in [3.63, 3.8) is 0 Å². The summed E-state index contributed by atoms with van der Waals surface area (Å²) in [5, 5.41) is 0. The minimum absolute atomic E-state index is 0.190. The second kappa shape index (κ2) is 3.46. The van der Waals surface area contributed by atoms with Crippen molar-refractivity contribution in [3.05, 3.63) is 58.8 Å². The van der Waals surface area contributed by atoms with Crippen LogP contribution >= 0.6 is 0 Å². The third kappa shape index (κ3) is 1.57. The van der Waals surface area contributed by atoms with Gasteiger partial charge in [-0.1, -0.05) is 18.2 Å². The van der Waals surface area contributed by atoms with E-state index < -0.39 is 0 Å². The van der Waals surface area contributed by atoms with Gasteiger partial charge in [-0.3, -0.25) is 4.79 Å². The lowest BCUT2D eigenvalue weighted by molar-refractivity contribution is 0.631. The number of hydrogen-bond donors (Lipinski definition) is 1. The average molecular weight is 189 g/mol. The molecule has 0 aliphatic rings. The summed E-state index contributed by atoms with van der Waals surface area (Å²) in [4.78, 5) is 13.3. The highest BCUT2D eigenvalue weighted by molar-refractivity contribution is 5.62. The molecule has 0 aliphatic carbocycles. The van der Waals surface area contributed by atoms with Gasteiger partial charge in [0.1, 0.15) is 5.82 Å². The number of pyridine rings is 1. The lowest BCUT2D eigenvalue weighted by Gasteiger charge is -2.01. The Morgan fingerprint density at radius 3 is 2.50 bits per heavy atom. The number of aromatic amines is 1. The fourth-order valence-electron chi connectivity index (χ4n) is 1.27. The summed E-state index contributed by atoms with van der Waals surface area (Å²) in [6, 6.07) is 9.41. The topological polar surface area (TPSA) is 32.9 Å². The smallest absolute Gasteiger partial charge is 0.247 e. The van der Waals surface area contributed by atoms with Crippen molar-refractivity contribution in [3.8, 4) is 11.1 Å². The molecule has 2 rings (SSSR count). The number of H-pyrrole nitrogens is 1. The molecule has 0 saturated heterocycles. The number of hydrogen-bond acceptors (Lipinski definition) is 1. The Hall–Kier alpha value is -1.90. The van der Waals surface area contributed by atoms with Crippen LogP contribution in [-0.4, -0.2) is 4.98 Å². The van der Waals surface area contributed by atoms with E-state index >= 15 is 0 Å². The van der Waals surface area contributed by atoms with Crippen LogP contribution < -0.4 is 5.56 Å². The maximum absolute atomic E-state index is 13.3. The second-order valence-corrected chi connectivity index (χ2v) is 2.92. The van der Waals surface area contributed by atoms with E-state index in [0.29, 0.717) is 11.1 Å². The summed E-state index contributed by atoms with van der Waals surface area (Å²) in [7, 11) is 0. The minimum Gasteiger partial charge on any atom is -0.328 e. The molecule has 2 aromatic rings. The van der Waals surface area contributed by atoms with Crippen molar-refractivity contribution in [1.29, 1.82) is 0 Å². The Morgan fingerprint density at radius 1 is 1.07 bits per heavy atom. The Morgan fingerprint density at radius 2 is 1.86 bits per heavy atom. The molecule has 0 bridgehead atoms. The maximum Gasteiger partial charge on any atom is 0.247 e. The predicted molar refractivity (Wildman–Crippen MR) is 52.5 cm³/mol. The first-order valence-corrected chi connectivity index (χ1v) is 4.21. The quantitative estimate of drug-likeness (QED) is 0.732. The third-order valence-electron chi connectivity index (χ3n) is 1.97. The molecule has 0 aliphatic heterocycles. The number of halogens is 1. The Kier molecular flexibility index (Phi) is 2.14. The molecular formula is C11H8FNO. The molecule has 70 valence electrons. The van der Waals surface area contributed by atoms with E-state index in [-0.39, 0.29) is 11.4 Å². The zero-order valence-electron chi connectivity index (χ0n) is 7.33. The van der Waals surface area contributed by atoms with Crippen LogP contribution in [0.25, 0.3) is 11.1 Å². The number of aromatic nitrogens is 1. The zero-order chi connectivity index (χ0) is 9.97. The van der Waals surface area contributed by atoms with Gasteiger partial charge in [-0.25, -0.2) is 4.39 Å². The van der Waals surface area contributed by atoms with E-state index in [9.17, 15) is 9.18 Å². The van der Waals surface area contributed by atoms with Gasteiger partial charge in [0.2, 0.25) is 5.56 Å². The van der Waals surface area contributed by atoms with Gasteiger partial charge in [-0.2, -0.15) is 0 Å². The number of rotatable bonds is 1. The highest BCUT2D eigenvalue weighted by atomic mass is 19.1. The molecule has 0 unspecified atom stereocenters. The Bertz CT molecular complexity index is 484. The first-order chi connectivity index (χ1) is 6.77. The molecule has 0 amide bonds. The van der Waals surface area contributed by atoms with Crippen molar-refractivity contribution in [2.45, 2.75) is 0 Å². The van der Waals surface area contributed by atoms with Crippen molar-refractivity contribution in [2.24, 2.45) is 0 Å². The molecule has 0 fully saturated rings. The van der Waals surface area contributed by atoms with E-state index in [0.717, 1.165) is 0 Å². The van der Waals surface area contributed by atoms with Gasteiger partial charge in [0.15, 0.2) is 0 Å². The largest absolute Gasteiger partial charge is 0.328 e. The molecule has 0 saturated carbocycles. The summed E-state index contributed by atoms with van der Waals surface area (Å²) >= 11 is 0. The standard InChI is InChI=1S/C11H8FNO/c12-10-4-2-1-3-9(10)8-5-6-11(14)13-7-8/h1-7H,(H,13,14). The van der Waals surface area contributed by atoms with E-state index in [2.05, 4.69) is 4.98 Å². The van der Waals surface area contributed by atoms with Crippen LogP contribution in [0.15, 0.2) is 47.4 Å². The number of nitrogens with one attached hydrogen (secondary N) is 1. The molecule has 14 heavy (non-hydrogen) atoms. The van der Waals surface area contributed by atoms with E-state index in [4.69, 9.17) is 0 Å². The van der Waals surface area contributed by atoms with Gasteiger partial charge in [-0.15, -0.1) is 0 Å². The molecule has 3 heteroatoms. The van der Waals surface area contributed by atoms with Crippen molar-refractivity contribution in [2.75, 3.05) is 0 Å². The van der Waals surface area contributed by atoms with Gasteiger partial charge in [0.05, 0.1) is 0 Å². The molecule has 1 aromatic heterocycles. The van der Waals surface area contributed by atoms with E-state index in [1.807, 2.05) is 0 Å². The van der Waals surface area contributed by atoms with E-state index in [1.165, 1.54) is 18.3 Å². The molecule has 0 spiro atoms. The first kappa shape index (κ1) is 8.69. The third-order valence-corrected chi connectivity index (χ3v) is 1.97. The van der Waals surface area contributed by atoms with E-state index in [1.54, 1.807) is 24.3 Å². The van der Waals surface area contributed by atoms with Gasteiger partial charge in [0, 0.05) is 23.4 Å². The van der Waals surface area contributed by atoms with Gasteiger partial charge in [0.25, 0.3) is 0 Å². The van der Waals surface area contributed by atoms with Crippen LogP contribution in [-0.2, 0) is 0 Å². The molecule has 0 radical (unpaired) electrons. The van der Waals surface area contributed by atoms with Crippen LogP contribution in [0.5, 0.6) is 0 Å². The summed E-state index contributed by atoms with van der Waals surface area (Å²) in [5.74, 6) is -0.292. The SMILES string of the molecule is O=c1ccc(-c2ccccc2F)c[nH]1. The predicted octanol–water partition coefficient (Wildman–Crippen LogP) is 2.18. The monoisotopic (exact) mass is 189 g/mol. The Labute approximate surface area is 80.0 Å². The maximum atomic E-state index is 13.3. The highest BCUT2D eigenvalue weighted by Gasteiger charge is 2.02. The normalized spacial score (nSPS) is 10.1. The van der Waals surface area contributed by atoms with Crippen LogP contribution in [0.4, 0.5) is 4.39 Å². The van der Waals surface area contributed by atoms with Crippen LogP contribution in [0, 0.1) is 5.82 Å². The first-order valence-electron chi connectivity index (χ1n) is 4.21. The summed E-state index contributed by atoms with van der Waals surface area (Å²) in [5.41, 5.74) is 0.969. The van der Waals surface area contributed by atoms with Crippen LogP contribution in [0.2, 0.25) is 0 Å². The summed E-state index contributed by atoms with van der Waals surface area (Å²) in [6.07, 6.45) is 1.50. The van der Waals surface area contributed by atoms with Crippen LogP contribution in [0.3, 0.4) is 0 Å². The fraction of sp³-hybridized carbons (Fsp3) is 0. The van der Waals surface area contributed by atoms with Crippen molar-refractivity contribution >= 4 is 0 Å². The number of benzene rings is 1. The fourth-order valence-corrected chi connectivity index (χ4v) is 1.27.